The molecule has 1 aromatic carbocycles. The molecule has 0 aliphatic heterocycles. The van der Waals surface area contributed by atoms with Gasteiger partial charge in [0.2, 0.25) is 0 Å². The fourth-order valence-corrected chi connectivity index (χ4v) is 4.25. The summed E-state index contributed by atoms with van der Waals surface area (Å²) in [7, 11) is 1.96. The summed E-state index contributed by atoms with van der Waals surface area (Å²) in [4.78, 5) is 5.37. The zero-order valence-corrected chi connectivity index (χ0v) is 13.5. The number of hydrogen-bond donors (Lipinski definition) is 0. The molecule has 0 radical (unpaired) electrons. The van der Waals surface area contributed by atoms with Crippen LogP contribution in [0.4, 0.5) is 0 Å². The van der Waals surface area contributed by atoms with Crippen LogP contribution in [0.25, 0.3) is 20.5 Å². The predicted octanol–water partition coefficient (Wildman–Crippen LogP) is 4.76. The maximum atomic E-state index is 4.12. The molecule has 3 heterocycles. The zero-order chi connectivity index (χ0) is 14.9. The number of benzene rings is 1. The minimum absolute atomic E-state index is 0.923. The SMILES string of the molecule is Cn1cncc1C#Cc1c(-c2ccsc2)sc2ccccc12. The molecule has 4 aromatic rings. The van der Waals surface area contributed by atoms with Gasteiger partial charge in [-0.1, -0.05) is 24.1 Å². The summed E-state index contributed by atoms with van der Waals surface area (Å²) in [6, 6.07) is 10.6. The van der Waals surface area contributed by atoms with E-state index in [0.29, 0.717) is 0 Å². The van der Waals surface area contributed by atoms with E-state index in [9.17, 15) is 0 Å². The minimum atomic E-state index is 0.923. The van der Waals surface area contributed by atoms with E-state index in [1.807, 2.05) is 11.6 Å². The Kier molecular flexibility index (Phi) is 3.30. The number of nitrogens with zero attached hydrogens (tertiary/aromatic N) is 2. The lowest BCUT2D eigenvalue weighted by molar-refractivity contribution is 0.899. The van der Waals surface area contributed by atoms with E-state index in [1.165, 1.54) is 20.5 Å². The Morgan fingerprint density at radius 3 is 2.82 bits per heavy atom. The number of thiophene rings is 2. The van der Waals surface area contributed by atoms with Gasteiger partial charge in [-0.05, 0) is 28.8 Å². The highest BCUT2D eigenvalue weighted by molar-refractivity contribution is 7.22. The van der Waals surface area contributed by atoms with Gasteiger partial charge in [-0.25, -0.2) is 4.98 Å². The van der Waals surface area contributed by atoms with Crippen molar-refractivity contribution in [1.82, 2.24) is 9.55 Å². The first-order valence-electron chi connectivity index (χ1n) is 6.85. The van der Waals surface area contributed by atoms with Crippen LogP contribution in [0.3, 0.4) is 0 Å². The Morgan fingerprint density at radius 1 is 1.14 bits per heavy atom. The summed E-state index contributed by atoms with van der Waals surface area (Å²) in [5, 5.41) is 5.52. The zero-order valence-electron chi connectivity index (χ0n) is 11.9. The maximum Gasteiger partial charge on any atom is 0.112 e. The van der Waals surface area contributed by atoms with Crippen LogP contribution in [-0.4, -0.2) is 9.55 Å². The van der Waals surface area contributed by atoms with Crippen molar-refractivity contribution in [3.05, 3.63) is 64.9 Å². The van der Waals surface area contributed by atoms with Gasteiger partial charge in [-0.2, -0.15) is 11.3 Å². The van der Waals surface area contributed by atoms with E-state index >= 15 is 0 Å². The van der Waals surface area contributed by atoms with Crippen molar-refractivity contribution in [2.24, 2.45) is 7.05 Å². The Morgan fingerprint density at radius 2 is 2.05 bits per heavy atom. The Balaban J connectivity index is 1.94. The average Bonchev–Trinajstić information content (AvgIpc) is 3.24. The molecule has 2 nitrogen and oxygen atoms in total. The van der Waals surface area contributed by atoms with Gasteiger partial charge in [-0.3, -0.25) is 0 Å². The van der Waals surface area contributed by atoms with Crippen LogP contribution < -0.4 is 0 Å². The van der Waals surface area contributed by atoms with Crippen molar-refractivity contribution < 1.29 is 0 Å². The number of hydrogen-bond acceptors (Lipinski definition) is 3. The highest BCUT2D eigenvalue weighted by Crippen LogP contribution is 2.38. The van der Waals surface area contributed by atoms with Crippen molar-refractivity contribution >= 4 is 32.8 Å². The van der Waals surface area contributed by atoms with E-state index in [2.05, 4.69) is 57.9 Å². The molecule has 0 aliphatic rings. The average molecular weight is 320 g/mol. The third-order valence-corrected chi connectivity index (χ3v) is 5.41. The van der Waals surface area contributed by atoms with Crippen molar-refractivity contribution in [2.45, 2.75) is 0 Å². The Bertz CT molecular complexity index is 995. The predicted molar refractivity (Wildman–Crippen MR) is 94.3 cm³/mol. The molecule has 0 saturated carbocycles. The van der Waals surface area contributed by atoms with E-state index < -0.39 is 0 Å². The van der Waals surface area contributed by atoms with E-state index in [0.717, 1.165) is 11.3 Å². The summed E-state index contributed by atoms with van der Waals surface area (Å²) in [5.74, 6) is 6.62. The number of imidazole rings is 1. The molecule has 22 heavy (non-hydrogen) atoms. The lowest BCUT2D eigenvalue weighted by Crippen LogP contribution is -1.88. The van der Waals surface area contributed by atoms with Gasteiger partial charge in [0, 0.05) is 22.7 Å². The molecule has 0 spiro atoms. The first kappa shape index (κ1) is 13.3. The largest absolute Gasteiger partial charge is 0.327 e. The molecule has 0 saturated heterocycles. The third-order valence-electron chi connectivity index (χ3n) is 3.51. The van der Waals surface area contributed by atoms with Gasteiger partial charge in [0.15, 0.2) is 0 Å². The van der Waals surface area contributed by atoms with E-state index in [4.69, 9.17) is 0 Å². The fourth-order valence-electron chi connectivity index (χ4n) is 2.37. The summed E-state index contributed by atoms with van der Waals surface area (Å²) in [6.07, 6.45) is 3.57. The number of aryl methyl sites for hydroxylation is 1. The van der Waals surface area contributed by atoms with Crippen molar-refractivity contribution in [2.75, 3.05) is 0 Å². The smallest absolute Gasteiger partial charge is 0.112 e. The lowest BCUT2D eigenvalue weighted by Gasteiger charge is -1.95. The monoisotopic (exact) mass is 320 g/mol. The number of rotatable bonds is 1. The number of aromatic nitrogens is 2. The van der Waals surface area contributed by atoms with Gasteiger partial charge in [-0.15, -0.1) is 11.3 Å². The maximum absolute atomic E-state index is 4.12. The van der Waals surface area contributed by atoms with Crippen LogP contribution in [0.2, 0.25) is 0 Å². The molecule has 0 bridgehead atoms. The second-order valence-electron chi connectivity index (χ2n) is 4.95. The summed E-state index contributed by atoms with van der Waals surface area (Å²) in [5.41, 5.74) is 3.28. The van der Waals surface area contributed by atoms with Crippen LogP contribution in [0, 0.1) is 11.8 Å². The van der Waals surface area contributed by atoms with Crippen molar-refractivity contribution in [3.63, 3.8) is 0 Å². The third kappa shape index (κ3) is 2.25. The molecule has 3 aromatic heterocycles. The highest BCUT2D eigenvalue weighted by atomic mass is 32.1. The van der Waals surface area contributed by atoms with Crippen molar-refractivity contribution in [3.8, 4) is 22.3 Å². The minimum Gasteiger partial charge on any atom is -0.327 e. The second kappa shape index (κ2) is 5.45. The molecule has 0 amide bonds. The molecule has 4 rings (SSSR count). The van der Waals surface area contributed by atoms with Gasteiger partial charge in [0.05, 0.1) is 23.0 Å². The van der Waals surface area contributed by atoms with E-state index in [1.54, 1.807) is 35.2 Å². The standard InChI is InChI=1S/C18H12N2S2/c1-20-12-19-10-14(20)6-7-16-15-4-2-3-5-17(15)22-18(16)13-8-9-21-11-13/h2-5,8-12H,1H3. The Hall–Kier alpha value is -2.35. The lowest BCUT2D eigenvalue weighted by atomic mass is 10.1. The Labute approximate surface area is 136 Å². The van der Waals surface area contributed by atoms with Crippen LogP contribution in [-0.2, 0) is 7.05 Å². The van der Waals surface area contributed by atoms with Gasteiger partial charge in [0.1, 0.15) is 5.69 Å². The van der Waals surface area contributed by atoms with Crippen LogP contribution in [0.15, 0.2) is 53.6 Å². The molecular weight excluding hydrogens is 308 g/mol. The molecule has 0 fully saturated rings. The molecule has 0 atom stereocenters. The molecule has 106 valence electrons. The summed E-state index contributed by atoms with van der Waals surface area (Å²) in [6.45, 7) is 0. The van der Waals surface area contributed by atoms with Crippen LogP contribution in [0.5, 0.6) is 0 Å². The van der Waals surface area contributed by atoms with Gasteiger partial charge in [0.25, 0.3) is 0 Å². The second-order valence-corrected chi connectivity index (χ2v) is 6.79. The first-order valence-corrected chi connectivity index (χ1v) is 8.61. The van der Waals surface area contributed by atoms with E-state index in [-0.39, 0.29) is 0 Å². The molecule has 0 aliphatic carbocycles. The summed E-state index contributed by atoms with van der Waals surface area (Å²) < 4.78 is 3.21. The van der Waals surface area contributed by atoms with Crippen LogP contribution in [0.1, 0.15) is 11.3 Å². The number of fused-ring (bicyclic) bond motifs is 1. The molecular formula is C18H12N2S2. The normalized spacial score (nSPS) is 10.6. The fraction of sp³-hybridized carbons (Fsp3) is 0.0556. The van der Waals surface area contributed by atoms with Crippen molar-refractivity contribution in [1.29, 1.82) is 0 Å². The molecule has 0 unspecified atom stereocenters. The van der Waals surface area contributed by atoms with Gasteiger partial charge < -0.3 is 4.57 Å². The molecule has 4 heteroatoms. The topological polar surface area (TPSA) is 17.8 Å². The quantitative estimate of drug-likeness (QED) is 0.462. The first-order chi connectivity index (χ1) is 10.8. The van der Waals surface area contributed by atoms with Gasteiger partial charge >= 0.3 is 0 Å². The summed E-state index contributed by atoms with van der Waals surface area (Å²) >= 11 is 3.52. The van der Waals surface area contributed by atoms with Crippen LogP contribution >= 0.6 is 22.7 Å². The molecule has 0 N–H and O–H groups in total. The highest BCUT2D eigenvalue weighted by Gasteiger charge is 2.12.